The molecule has 2 aromatic carbocycles. The average Bonchev–Trinajstić information content (AvgIpc) is 3.06. The van der Waals surface area contributed by atoms with Crippen molar-refractivity contribution >= 4 is 23.6 Å². The van der Waals surface area contributed by atoms with Gasteiger partial charge in [0.05, 0.1) is 22.6 Å². The van der Waals surface area contributed by atoms with Crippen molar-refractivity contribution in [3.8, 4) is 5.69 Å². The lowest BCUT2D eigenvalue weighted by Gasteiger charge is -2.09. The molecule has 3 aromatic rings. The van der Waals surface area contributed by atoms with E-state index in [4.69, 9.17) is 4.74 Å². The van der Waals surface area contributed by atoms with Crippen LogP contribution >= 0.6 is 0 Å². The van der Waals surface area contributed by atoms with E-state index in [1.807, 2.05) is 25.2 Å². The smallest absolute Gasteiger partial charge is 0.338 e. The van der Waals surface area contributed by atoms with Crippen LogP contribution < -0.4 is 10.6 Å². The Balaban J connectivity index is 1.51. The number of carbonyl (C=O) groups excluding carboxylic acids is 3. The Morgan fingerprint density at radius 3 is 2.40 bits per heavy atom. The Bertz CT molecular complexity index is 1090. The highest BCUT2D eigenvalue weighted by atomic mass is 19.1. The fourth-order valence-corrected chi connectivity index (χ4v) is 2.72. The fourth-order valence-electron chi connectivity index (χ4n) is 2.72. The summed E-state index contributed by atoms with van der Waals surface area (Å²) in [4.78, 5) is 35.6. The third-order valence-corrected chi connectivity index (χ3v) is 4.07. The van der Waals surface area contributed by atoms with Gasteiger partial charge in [-0.15, -0.1) is 0 Å². The van der Waals surface area contributed by atoms with E-state index in [1.54, 1.807) is 28.9 Å². The molecule has 2 N–H and O–H groups in total. The summed E-state index contributed by atoms with van der Waals surface area (Å²) < 4.78 is 20.1. The summed E-state index contributed by atoms with van der Waals surface area (Å²) in [5.74, 6) is -2.22. The van der Waals surface area contributed by atoms with Crippen LogP contribution in [0.5, 0.6) is 0 Å². The minimum atomic E-state index is -0.935. The molecule has 0 aliphatic heterocycles. The van der Waals surface area contributed by atoms with Crippen LogP contribution in [-0.2, 0) is 9.53 Å². The zero-order chi connectivity index (χ0) is 21.7. The Labute approximate surface area is 171 Å². The maximum absolute atomic E-state index is 13.5. The van der Waals surface area contributed by atoms with Crippen molar-refractivity contribution in [2.24, 2.45) is 0 Å². The van der Waals surface area contributed by atoms with E-state index < -0.39 is 30.3 Å². The molecule has 0 bridgehead atoms. The Morgan fingerprint density at radius 2 is 1.77 bits per heavy atom. The van der Waals surface area contributed by atoms with E-state index >= 15 is 0 Å². The molecule has 0 unspecified atom stereocenters. The van der Waals surface area contributed by atoms with Crippen molar-refractivity contribution in [3.05, 3.63) is 77.4 Å². The zero-order valence-corrected chi connectivity index (χ0v) is 16.3. The topological polar surface area (TPSA) is 102 Å². The van der Waals surface area contributed by atoms with E-state index in [-0.39, 0.29) is 11.3 Å². The summed E-state index contributed by atoms with van der Waals surface area (Å²) in [7, 11) is 0. The van der Waals surface area contributed by atoms with Crippen molar-refractivity contribution in [1.29, 1.82) is 0 Å². The quantitative estimate of drug-likeness (QED) is 0.629. The molecule has 3 rings (SSSR count). The van der Waals surface area contributed by atoms with Crippen molar-refractivity contribution < 1.29 is 23.5 Å². The summed E-state index contributed by atoms with van der Waals surface area (Å²) in [6.07, 6.45) is 0. The third kappa shape index (κ3) is 5.07. The summed E-state index contributed by atoms with van der Waals surface area (Å²) in [6, 6.07) is 13.0. The number of nitrogens with one attached hydrogen (secondary N) is 2. The Morgan fingerprint density at radius 1 is 1.07 bits per heavy atom. The number of esters is 1. The van der Waals surface area contributed by atoms with Crippen LogP contribution in [0.4, 0.5) is 14.9 Å². The van der Waals surface area contributed by atoms with Gasteiger partial charge >= 0.3 is 12.0 Å². The molecule has 0 aliphatic rings. The highest BCUT2D eigenvalue weighted by molar-refractivity contribution is 6.02. The van der Waals surface area contributed by atoms with Gasteiger partial charge in [-0.1, -0.05) is 12.1 Å². The zero-order valence-electron chi connectivity index (χ0n) is 16.3. The average molecular weight is 410 g/mol. The van der Waals surface area contributed by atoms with E-state index in [2.05, 4.69) is 10.4 Å². The van der Waals surface area contributed by atoms with Crippen molar-refractivity contribution in [2.45, 2.75) is 13.8 Å². The van der Waals surface area contributed by atoms with E-state index in [9.17, 15) is 18.8 Å². The molecule has 0 aliphatic carbocycles. The molecule has 0 radical (unpaired) electrons. The van der Waals surface area contributed by atoms with Crippen molar-refractivity contribution in [1.82, 2.24) is 15.1 Å². The van der Waals surface area contributed by atoms with Gasteiger partial charge in [0.2, 0.25) is 0 Å². The second-order valence-electron chi connectivity index (χ2n) is 6.44. The molecule has 9 heteroatoms. The maximum atomic E-state index is 13.5. The maximum Gasteiger partial charge on any atom is 0.338 e. The highest BCUT2D eigenvalue weighted by Crippen LogP contribution is 2.14. The van der Waals surface area contributed by atoms with Crippen LogP contribution in [0.25, 0.3) is 5.69 Å². The number of amides is 3. The highest BCUT2D eigenvalue weighted by Gasteiger charge is 2.14. The van der Waals surface area contributed by atoms with Crippen LogP contribution in [0.3, 0.4) is 0 Å². The van der Waals surface area contributed by atoms with Gasteiger partial charge in [0, 0.05) is 5.69 Å². The molecule has 0 atom stereocenters. The van der Waals surface area contributed by atoms with Gasteiger partial charge < -0.3 is 10.1 Å². The second-order valence-corrected chi connectivity index (χ2v) is 6.44. The lowest BCUT2D eigenvalue weighted by Crippen LogP contribution is -2.37. The molecule has 154 valence electrons. The number of benzene rings is 2. The van der Waals surface area contributed by atoms with E-state index in [0.29, 0.717) is 0 Å². The molecular weight excluding hydrogens is 391 g/mol. The van der Waals surface area contributed by atoms with Gasteiger partial charge in [-0.2, -0.15) is 5.10 Å². The molecule has 3 amide bonds. The molecule has 0 spiro atoms. The first-order chi connectivity index (χ1) is 14.3. The summed E-state index contributed by atoms with van der Waals surface area (Å²) in [5.41, 5.74) is 2.76. The summed E-state index contributed by atoms with van der Waals surface area (Å²) in [5, 5.41) is 8.51. The number of aromatic nitrogens is 2. The number of hydrogen-bond donors (Lipinski definition) is 2. The van der Waals surface area contributed by atoms with Crippen LogP contribution in [0.2, 0.25) is 0 Å². The van der Waals surface area contributed by atoms with Crippen LogP contribution in [0.15, 0.2) is 54.6 Å². The number of carbonyl (C=O) groups is 3. The molecule has 8 nitrogen and oxygen atoms in total. The third-order valence-electron chi connectivity index (χ3n) is 4.07. The first-order valence-electron chi connectivity index (χ1n) is 8.99. The van der Waals surface area contributed by atoms with Crippen molar-refractivity contribution in [2.75, 3.05) is 11.9 Å². The van der Waals surface area contributed by atoms with Gasteiger partial charge in [0.25, 0.3) is 5.91 Å². The van der Waals surface area contributed by atoms with Gasteiger partial charge in [-0.05, 0) is 56.3 Å². The van der Waals surface area contributed by atoms with E-state index in [0.717, 1.165) is 17.1 Å². The molecule has 1 heterocycles. The van der Waals surface area contributed by atoms with Crippen molar-refractivity contribution in [3.63, 3.8) is 0 Å². The van der Waals surface area contributed by atoms with Crippen LogP contribution in [-0.4, -0.2) is 34.3 Å². The van der Waals surface area contributed by atoms with Gasteiger partial charge in [0.15, 0.2) is 6.61 Å². The first-order valence-corrected chi connectivity index (χ1v) is 8.99. The number of ether oxygens (including phenoxy) is 1. The molecule has 30 heavy (non-hydrogen) atoms. The van der Waals surface area contributed by atoms with Crippen LogP contribution in [0.1, 0.15) is 21.7 Å². The summed E-state index contributed by atoms with van der Waals surface area (Å²) >= 11 is 0. The normalized spacial score (nSPS) is 10.4. The predicted octanol–water partition coefficient (Wildman–Crippen LogP) is 3.13. The number of halogens is 1. The largest absolute Gasteiger partial charge is 0.452 e. The minimum Gasteiger partial charge on any atom is -0.452 e. The molecular formula is C21H19FN4O4. The SMILES string of the molecule is Cc1cc(C)n(-c2ccc(C(=O)OCC(=O)NC(=O)Nc3ccccc3F)cc2)n1. The standard InChI is InChI=1S/C21H19FN4O4/c1-13-11-14(2)26(25-13)16-9-7-15(8-10-16)20(28)30-12-19(27)24-21(29)23-18-6-4-3-5-17(18)22/h3-11H,12H2,1-2H3,(H2,23,24,27,29). The summed E-state index contributed by atoms with van der Waals surface area (Å²) in [6.45, 7) is 3.14. The second kappa shape index (κ2) is 8.99. The number of rotatable bonds is 5. The van der Waals surface area contributed by atoms with Crippen LogP contribution in [0, 0.1) is 19.7 Å². The van der Waals surface area contributed by atoms with Gasteiger partial charge in [-0.25, -0.2) is 18.7 Å². The Kier molecular flexibility index (Phi) is 6.21. The van der Waals surface area contributed by atoms with E-state index in [1.165, 1.54) is 24.3 Å². The first kappa shape index (κ1) is 20.7. The number of para-hydroxylation sites is 1. The lowest BCUT2D eigenvalue weighted by atomic mass is 10.2. The molecule has 1 aromatic heterocycles. The number of nitrogens with zero attached hydrogens (tertiary/aromatic N) is 2. The Hall–Kier alpha value is -4.01. The predicted molar refractivity (Wildman–Crippen MR) is 107 cm³/mol. The number of hydrogen-bond acceptors (Lipinski definition) is 5. The number of imide groups is 1. The number of aryl methyl sites for hydroxylation is 2. The number of anilines is 1. The molecule has 0 saturated carbocycles. The van der Waals surface area contributed by atoms with Gasteiger partial charge in [-0.3, -0.25) is 10.1 Å². The monoisotopic (exact) mass is 410 g/mol. The van der Waals surface area contributed by atoms with Gasteiger partial charge in [0.1, 0.15) is 5.82 Å². The lowest BCUT2D eigenvalue weighted by molar-refractivity contribution is -0.123. The number of urea groups is 1. The molecule has 0 saturated heterocycles. The fraction of sp³-hybridized carbons (Fsp3) is 0.143. The molecule has 0 fully saturated rings. The minimum absolute atomic E-state index is 0.0810.